The molecule has 0 saturated heterocycles. The van der Waals surface area contributed by atoms with Crippen LogP contribution in [0.5, 0.6) is 0 Å². The van der Waals surface area contributed by atoms with E-state index in [1.807, 2.05) is 18.5 Å². The topological polar surface area (TPSA) is 42.0 Å². The van der Waals surface area contributed by atoms with Gasteiger partial charge in [0.1, 0.15) is 17.1 Å². The second-order valence-electron chi connectivity index (χ2n) is 5.75. The third kappa shape index (κ3) is 7.25. The highest BCUT2D eigenvalue weighted by atomic mass is 32.2. The van der Waals surface area contributed by atoms with Crippen LogP contribution in [0.3, 0.4) is 0 Å². The fourth-order valence-electron chi connectivity index (χ4n) is 2.22. The van der Waals surface area contributed by atoms with E-state index < -0.39 is 0 Å². The molecule has 2 aromatic carbocycles. The molecule has 1 aromatic heterocycles. The molecule has 0 amide bonds. The van der Waals surface area contributed by atoms with Gasteiger partial charge in [0.2, 0.25) is 0 Å². The summed E-state index contributed by atoms with van der Waals surface area (Å²) in [7, 11) is 1.97. The predicted molar refractivity (Wildman–Crippen MR) is 114 cm³/mol. The Morgan fingerprint density at radius 2 is 1.89 bits per heavy atom. The molecule has 3 nitrogen and oxygen atoms in total. The normalized spacial score (nSPS) is 11.4. The average molecular weight is 403 g/mol. The number of rotatable bonds is 7. The zero-order chi connectivity index (χ0) is 19.5. The molecule has 0 fully saturated rings. The van der Waals surface area contributed by atoms with Crippen LogP contribution in [0.25, 0.3) is 10.6 Å². The molecule has 1 heterocycles. The first-order valence-corrected chi connectivity index (χ1v) is 10.6. The molecular formula is C21H23FN2OS2. The molecule has 0 aliphatic carbocycles. The Balaban J connectivity index is 0.000000223. The van der Waals surface area contributed by atoms with Crippen molar-refractivity contribution in [1.29, 1.82) is 0 Å². The Bertz CT molecular complexity index is 807. The van der Waals surface area contributed by atoms with E-state index >= 15 is 0 Å². The van der Waals surface area contributed by atoms with Crippen LogP contribution in [0.4, 0.5) is 4.39 Å². The Hall–Kier alpha value is -2.02. The van der Waals surface area contributed by atoms with Gasteiger partial charge in [0.05, 0.1) is 5.69 Å². The number of aromatic nitrogens is 1. The third-order valence-electron chi connectivity index (χ3n) is 3.81. The zero-order valence-corrected chi connectivity index (χ0v) is 17.0. The lowest BCUT2D eigenvalue weighted by atomic mass is 10.1. The van der Waals surface area contributed by atoms with Gasteiger partial charge in [-0.15, -0.1) is 23.1 Å². The summed E-state index contributed by atoms with van der Waals surface area (Å²) >= 11 is 3.06. The van der Waals surface area contributed by atoms with E-state index in [-0.39, 0.29) is 5.82 Å². The van der Waals surface area contributed by atoms with Crippen molar-refractivity contribution in [3.05, 3.63) is 77.1 Å². The second-order valence-corrected chi connectivity index (χ2v) is 7.64. The van der Waals surface area contributed by atoms with Gasteiger partial charge in [0.25, 0.3) is 0 Å². The largest absolute Gasteiger partial charge is 0.313 e. The number of carbonyl (C=O) groups is 1. The van der Waals surface area contributed by atoms with Crippen molar-refractivity contribution in [2.24, 2.45) is 0 Å². The molecule has 27 heavy (non-hydrogen) atoms. The minimum atomic E-state index is -0.243. The van der Waals surface area contributed by atoms with E-state index in [1.165, 1.54) is 40.8 Å². The van der Waals surface area contributed by atoms with Crippen molar-refractivity contribution in [3.63, 3.8) is 0 Å². The smallest absolute Gasteiger partial charge is 0.129 e. The number of nitrogens with zero attached hydrogens (tertiary/aromatic N) is 1. The van der Waals surface area contributed by atoms with E-state index in [4.69, 9.17) is 0 Å². The quantitative estimate of drug-likeness (QED) is 0.427. The maximum Gasteiger partial charge on any atom is 0.129 e. The molecule has 3 rings (SSSR count). The Labute approximate surface area is 168 Å². The van der Waals surface area contributed by atoms with Gasteiger partial charge in [-0.05, 0) is 43.8 Å². The molecule has 1 unspecified atom stereocenters. The van der Waals surface area contributed by atoms with Crippen molar-refractivity contribution >= 4 is 29.4 Å². The van der Waals surface area contributed by atoms with Gasteiger partial charge < -0.3 is 10.1 Å². The number of aldehydes is 1. The van der Waals surface area contributed by atoms with Gasteiger partial charge in [-0.2, -0.15) is 0 Å². The average Bonchev–Trinajstić information content (AvgIpc) is 3.18. The first-order valence-electron chi connectivity index (χ1n) is 8.58. The molecule has 0 saturated carbocycles. The number of halogens is 1. The summed E-state index contributed by atoms with van der Waals surface area (Å²) in [6, 6.07) is 17.2. The van der Waals surface area contributed by atoms with Crippen molar-refractivity contribution in [1.82, 2.24) is 10.3 Å². The van der Waals surface area contributed by atoms with Gasteiger partial charge in [0.15, 0.2) is 0 Å². The van der Waals surface area contributed by atoms with Gasteiger partial charge in [0, 0.05) is 28.5 Å². The third-order valence-corrected chi connectivity index (χ3v) is 5.62. The second kappa shape index (κ2) is 11.6. The summed E-state index contributed by atoms with van der Waals surface area (Å²) < 4.78 is 12.8. The summed E-state index contributed by atoms with van der Waals surface area (Å²) in [6.45, 7) is 2.15. The molecule has 0 aliphatic rings. The molecule has 1 atom stereocenters. The van der Waals surface area contributed by atoms with Crippen LogP contribution in [-0.4, -0.2) is 24.1 Å². The summed E-state index contributed by atoms with van der Waals surface area (Å²) in [5, 5.41) is 6.03. The highest BCUT2D eigenvalue weighted by Crippen LogP contribution is 2.25. The molecule has 142 valence electrons. The van der Waals surface area contributed by atoms with Gasteiger partial charge in [-0.25, -0.2) is 9.37 Å². The van der Waals surface area contributed by atoms with Crippen molar-refractivity contribution in [3.8, 4) is 10.6 Å². The van der Waals surface area contributed by atoms with Gasteiger partial charge >= 0.3 is 0 Å². The van der Waals surface area contributed by atoms with Crippen molar-refractivity contribution in [2.75, 3.05) is 12.8 Å². The lowest BCUT2D eigenvalue weighted by molar-refractivity contribution is -0.105. The fourth-order valence-corrected chi connectivity index (χ4v) is 3.72. The van der Waals surface area contributed by atoms with Crippen LogP contribution in [0.15, 0.2) is 60.0 Å². The van der Waals surface area contributed by atoms with Crippen molar-refractivity contribution in [2.45, 2.75) is 18.7 Å². The minimum Gasteiger partial charge on any atom is -0.313 e. The van der Waals surface area contributed by atoms with E-state index in [2.05, 4.69) is 41.5 Å². The first kappa shape index (κ1) is 21.3. The molecule has 0 bridgehead atoms. The maximum absolute atomic E-state index is 12.8. The SMILES string of the molecule is CNC(C)c1ccccc1.O=CCSCc1csc(-c2ccc(F)cc2)n1. The molecule has 0 aliphatic heterocycles. The molecule has 3 aromatic rings. The lowest BCUT2D eigenvalue weighted by Crippen LogP contribution is -2.11. The highest BCUT2D eigenvalue weighted by molar-refractivity contribution is 7.99. The molecule has 1 N–H and O–H groups in total. The monoisotopic (exact) mass is 402 g/mol. The number of hydrogen-bond donors (Lipinski definition) is 1. The van der Waals surface area contributed by atoms with Crippen LogP contribution in [0.1, 0.15) is 24.2 Å². The number of thiazole rings is 1. The van der Waals surface area contributed by atoms with E-state index in [9.17, 15) is 9.18 Å². The van der Waals surface area contributed by atoms with Crippen molar-refractivity contribution < 1.29 is 9.18 Å². The van der Waals surface area contributed by atoms with Gasteiger partial charge in [-0.3, -0.25) is 0 Å². The molecule has 0 radical (unpaired) electrons. The fraction of sp³-hybridized carbons (Fsp3) is 0.238. The lowest BCUT2D eigenvalue weighted by Gasteiger charge is -2.08. The van der Waals surface area contributed by atoms with E-state index in [1.54, 1.807) is 12.1 Å². The zero-order valence-electron chi connectivity index (χ0n) is 15.4. The van der Waals surface area contributed by atoms with Crippen LogP contribution in [0.2, 0.25) is 0 Å². The number of thioether (sulfide) groups is 1. The maximum atomic E-state index is 12.8. The summed E-state index contributed by atoms with van der Waals surface area (Å²) in [4.78, 5) is 14.6. The number of nitrogens with one attached hydrogen (secondary N) is 1. The van der Waals surface area contributed by atoms with Crippen LogP contribution < -0.4 is 5.32 Å². The summed E-state index contributed by atoms with van der Waals surface area (Å²) in [5.74, 6) is 0.979. The van der Waals surface area contributed by atoms with Crippen LogP contribution in [0, 0.1) is 5.82 Å². The number of carbonyl (C=O) groups excluding carboxylic acids is 1. The highest BCUT2D eigenvalue weighted by Gasteiger charge is 2.04. The molecule has 6 heteroatoms. The number of hydrogen-bond acceptors (Lipinski definition) is 5. The van der Waals surface area contributed by atoms with Crippen LogP contribution >= 0.6 is 23.1 Å². The Morgan fingerprint density at radius 1 is 1.19 bits per heavy atom. The standard InChI is InChI=1S/C12H10FNOS2.C9H13N/c13-10-3-1-9(2-4-10)12-14-11(8-17-12)7-16-6-5-15;1-8(10-2)9-6-4-3-5-7-9/h1-5,8H,6-7H2;3-8,10H,1-2H3. The summed E-state index contributed by atoms with van der Waals surface area (Å²) in [5.41, 5.74) is 3.22. The minimum absolute atomic E-state index is 0.243. The van der Waals surface area contributed by atoms with E-state index in [0.29, 0.717) is 11.8 Å². The van der Waals surface area contributed by atoms with Gasteiger partial charge in [-0.1, -0.05) is 30.3 Å². The molecular weight excluding hydrogens is 379 g/mol. The number of benzene rings is 2. The first-order chi connectivity index (χ1) is 13.1. The molecule has 0 spiro atoms. The van der Waals surface area contributed by atoms with E-state index in [0.717, 1.165) is 28.3 Å². The summed E-state index contributed by atoms with van der Waals surface area (Å²) in [6.07, 6.45) is 0.887. The Morgan fingerprint density at radius 3 is 2.52 bits per heavy atom. The Kier molecular flexibility index (Phi) is 9.18. The predicted octanol–water partition coefficient (Wildman–Crippen LogP) is 5.35. The van der Waals surface area contributed by atoms with Crippen LogP contribution in [-0.2, 0) is 10.5 Å².